The van der Waals surface area contributed by atoms with Crippen LogP contribution in [0.1, 0.15) is 12.8 Å². The monoisotopic (exact) mass is 283 g/mol. The second-order valence-electron chi connectivity index (χ2n) is 1.16. The van der Waals surface area contributed by atoms with E-state index in [1.807, 2.05) is 0 Å². The van der Waals surface area contributed by atoms with Crippen molar-refractivity contribution in [3.8, 4) is 0 Å². The number of nitrogens with two attached hydrogens (primary N) is 1. The zero-order valence-corrected chi connectivity index (χ0v) is 7.81. The van der Waals surface area contributed by atoms with Crippen molar-refractivity contribution in [2.24, 2.45) is 5.73 Å². The largest absolute Gasteiger partial charge is 0.481 e. The van der Waals surface area contributed by atoms with Gasteiger partial charge in [-0.25, -0.2) is 0 Å². The minimum atomic E-state index is 0. The molecular formula is C3H6AcN-. The quantitative estimate of drug-likeness (QED) is 0.635. The fourth-order valence-corrected chi connectivity index (χ4v) is 0.0722. The van der Waals surface area contributed by atoms with E-state index in [4.69, 9.17) is 5.73 Å². The molecule has 0 bridgehead atoms. The summed E-state index contributed by atoms with van der Waals surface area (Å²) in [7, 11) is 0. The third kappa shape index (κ3) is 3.23. The Morgan fingerprint density at radius 2 is 1.60 bits per heavy atom. The smallest absolute Gasteiger partial charge is 0 e. The molecule has 0 aromatic heterocycles. The van der Waals surface area contributed by atoms with Crippen molar-refractivity contribution in [3.05, 3.63) is 6.04 Å². The SMILES string of the molecule is N[C-]1CC1.[Ac]. The molecule has 0 aromatic rings. The van der Waals surface area contributed by atoms with Crippen LogP contribution in [0.4, 0.5) is 0 Å². The second kappa shape index (κ2) is 2.55. The molecule has 1 rings (SSSR count). The maximum absolute atomic E-state index is 5.14. The van der Waals surface area contributed by atoms with Gasteiger partial charge in [-0.1, -0.05) is 0 Å². The summed E-state index contributed by atoms with van der Waals surface area (Å²) in [6.45, 7) is 0. The molecule has 1 fully saturated rings. The van der Waals surface area contributed by atoms with E-state index in [1.54, 1.807) is 0 Å². The van der Waals surface area contributed by atoms with Crippen LogP contribution in [0.15, 0.2) is 0 Å². The predicted octanol–water partition coefficient (Wildman–Crippen LogP) is 0.271. The van der Waals surface area contributed by atoms with Crippen LogP contribution in [0.25, 0.3) is 0 Å². The predicted molar refractivity (Wildman–Crippen MR) is 16.7 cm³/mol. The molecule has 0 atom stereocenters. The Morgan fingerprint density at radius 3 is 1.60 bits per heavy atom. The van der Waals surface area contributed by atoms with Gasteiger partial charge in [0.05, 0.1) is 0 Å². The molecule has 5 heavy (non-hydrogen) atoms. The van der Waals surface area contributed by atoms with E-state index in [1.165, 1.54) is 18.9 Å². The first-order valence-corrected chi connectivity index (χ1v) is 1.50. The van der Waals surface area contributed by atoms with Crippen molar-refractivity contribution >= 4 is 0 Å². The topological polar surface area (TPSA) is 26.0 Å². The van der Waals surface area contributed by atoms with Crippen LogP contribution in [-0.4, -0.2) is 0 Å². The molecule has 0 aliphatic heterocycles. The number of rotatable bonds is 0. The minimum Gasteiger partial charge on any atom is -0.481 e. The second-order valence-corrected chi connectivity index (χ2v) is 1.16. The van der Waals surface area contributed by atoms with Crippen LogP contribution in [0.5, 0.6) is 0 Å². The third-order valence-electron chi connectivity index (χ3n) is 0.539. The Kier molecular flexibility index (Phi) is 3.27. The van der Waals surface area contributed by atoms with Gasteiger partial charge in [0, 0.05) is 44.1 Å². The van der Waals surface area contributed by atoms with Gasteiger partial charge < -0.3 is 5.73 Å². The average molecular weight is 283 g/mol. The van der Waals surface area contributed by atoms with Crippen molar-refractivity contribution in [1.29, 1.82) is 0 Å². The molecule has 0 amide bonds. The van der Waals surface area contributed by atoms with Gasteiger partial charge in [-0.3, -0.25) is 6.04 Å². The summed E-state index contributed by atoms with van der Waals surface area (Å²) in [4.78, 5) is 0. The summed E-state index contributed by atoms with van der Waals surface area (Å²) >= 11 is 0. The van der Waals surface area contributed by atoms with Crippen LogP contribution < -0.4 is 5.73 Å². The molecule has 1 nitrogen and oxygen atoms in total. The minimum absolute atomic E-state index is 0. The molecule has 2 heteroatoms. The standard InChI is InChI=1S/C3H6N.Ac/c4-3-1-2-3;/h1-2,4H2;/q-1;. The average Bonchev–Trinajstić information content (AvgIpc) is 1.75. The van der Waals surface area contributed by atoms with Gasteiger partial charge in [0.25, 0.3) is 0 Å². The first-order chi connectivity index (χ1) is 1.89. The van der Waals surface area contributed by atoms with Gasteiger partial charge in [0.15, 0.2) is 0 Å². The molecular weight excluding hydrogens is 277 g/mol. The number of hydrogen-bond acceptors (Lipinski definition) is 1. The van der Waals surface area contributed by atoms with Gasteiger partial charge in [0.2, 0.25) is 0 Å². The molecule has 1 radical (unpaired) electrons. The molecule has 0 spiro atoms. The zero-order chi connectivity index (χ0) is 2.99. The Morgan fingerprint density at radius 1 is 1.40 bits per heavy atom. The maximum atomic E-state index is 5.14. The summed E-state index contributed by atoms with van der Waals surface area (Å²) < 4.78 is 0. The Hall–Kier alpha value is 1.40. The van der Waals surface area contributed by atoms with Crippen molar-refractivity contribution in [1.82, 2.24) is 0 Å². The van der Waals surface area contributed by atoms with E-state index in [-0.39, 0.29) is 44.1 Å². The summed E-state index contributed by atoms with van der Waals surface area (Å²) in [6, 6.07) is 1.17. The van der Waals surface area contributed by atoms with Crippen LogP contribution in [0, 0.1) is 50.1 Å². The number of hydrogen-bond donors (Lipinski definition) is 1. The normalized spacial score (nSPS) is 21.0. The molecule has 0 aromatic carbocycles. The van der Waals surface area contributed by atoms with Crippen molar-refractivity contribution in [2.45, 2.75) is 12.8 Å². The summed E-state index contributed by atoms with van der Waals surface area (Å²) in [5.74, 6) is 0. The van der Waals surface area contributed by atoms with Gasteiger partial charge in [-0.2, -0.15) is 12.8 Å². The molecule has 1 aliphatic rings. The van der Waals surface area contributed by atoms with E-state index in [0.29, 0.717) is 0 Å². The van der Waals surface area contributed by atoms with Crippen LogP contribution in [0.2, 0.25) is 0 Å². The fraction of sp³-hybridized carbons (Fsp3) is 0.667. The Balaban J connectivity index is 0.000000160. The Bertz CT molecular complexity index is 26.1. The van der Waals surface area contributed by atoms with Crippen LogP contribution in [0.3, 0.4) is 0 Å². The van der Waals surface area contributed by atoms with Crippen molar-refractivity contribution in [2.75, 3.05) is 0 Å². The molecule has 0 heterocycles. The van der Waals surface area contributed by atoms with E-state index < -0.39 is 0 Å². The van der Waals surface area contributed by atoms with Crippen LogP contribution in [-0.2, 0) is 0 Å². The van der Waals surface area contributed by atoms with E-state index in [0.717, 1.165) is 0 Å². The summed E-state index contributed by atoms with van der Waals surface area (Å²) in [6.07, 6.45) is 2.36. The van der Waals surface area contributed by atoms with Gasteiger partial charge in [-0.05, 0) is 0 Å². The molecule has 0 unspecified atom stereocenters. The maximum Gasteiger partial charge on any atom is 0 e. The molecule has 2 N–H and O–H groups in total. The van der Waals surface area contributed by atoms with Gasteiger partial charge >= 0.3 is 0 Å². The molecule has 27 valence electrons. The first-order valence-electron chi connectivity index (χ1n) is 1.50. The zero-order valence-electron chi connectivity index (χ0n) is 3.07. The van der Waals surface area contributed by atoms with Gasteiger partial charge in [0.1, 0.15) is 0 Å². The van der Waals surface area contributed by atoms with Crippen molar-refractivity contribution < 1.29 is 44.1 Å². The van der Waals surface area contributed by atoms with E-state index in [9.17, 15) is 0 Å². The Labute approximate surface area is 67.9 Å². The van der Waals surface area contributed by atoms with Gasteiger partial charge in [-0.15, -0.1) is 0 Å². The summed E-state index contributed by atoms with van der Waals surface area (Å²) in [5, 5.41) is 0. The van der Waals surface area contributed by atoms with E-state index >= 15 is 0 Å². The van der Waals surface area contributed by atoms with E-state index in [2.05, 4.69) is 0 Å². The molecule has 1 aliphatic carbocycles. The molecule has 1 saturated carbocycles. The first kappa shape index (κ1) is 6.40. The van der Waals surface area contributed by atoms with Crippen LogP contribution >= 0.6 is 0 Å². The fourth-order valence-electron chi connectivity index (χ4n) is 0.0722. The summed E-state index contributed by atoms with van der Waals surface area (Å²) in [5.41, 5.74) is 5.14. The molecule has 0 saturated heterocycles. The van der Waals surface area contributed by atoms with Crippen molar-refractivity contribution in [3.63, 3.8) is 0 Å². The third-order valence-corrected chi connectivity index (χ3v) is 0.539.